The molecule has 1 heterocycles. The van der Waals surface area contributed by atoms with Gasteiger partial charge in [-0.1, -0.05) is 13.8 Å². The number of aliphatic hydroxyl groups is 1. The number of aliphatic hydroxyl groups excluding tert-OH is 1. The quantitative estimate of drug-likeness (QED) is 0.632. The van der Waals surface area contributed by atoms with Crippen LogP contribution >= 0.6 is 0 Å². The molecule has 13 heavy (non-hydrogen) atoms. The molecule has 5 nitrogen and oxygen atoms in total. The lowest BCUT2D eigenvalue weighted by atomic mass is 10.2. The first-order chi connectivity index (χ1) is 5.92. The molecule has 1 rings (SSSR count). The van der Waals surface area contributed by atoms with Gasteiger partial charge in [-0.3, -0.25) is 0 Å². The maximum absolute atomic E-state index is 11.4. The Balaban J connectivity index is 2.39. The minimum absolute atomic E-state index is 0.216. The van der Waals surface area contributed by atoms with Crippen LogP contribution in [0, 0.1) is 5.92 Å². The van der Waals surface area contributed by atoms with Gasteiger partial charge in [0.1, 0.15) is 0 Å². The van der Waals surface area contributed by atoms with Crippen LogP contribution in [0.2, 0.25) is 0 Å². The summed E-state index contributed by atoms with van der Waals surface area (Å²) in [5, 5.41) is 8.93. The highest BCUT2D eigenvalue weighted by Gasteiger charge is 2.34. The first kappa shape index (κ1) is 10.9. The largest absolute Gasteiger partial charge is 0.390 e. The Labute approximate surface area is 78.9 Å². The summed E-state index contributed by atoms with van der Waals surface area (Å²) in [7, 11) is -3.33. The van der Waals surface area contributed by atoms with Crippen LogP contribution in [0.1, 0.15) is 13.8 Å². The zero-order valence-electron chi connectivity index (χ0n) is 7.90. The van der Waals surface area contributed by atoms with Crippen LogP contribution in [0.4, 0.5) is 0 Å². The first-order valence-electron chi connectivity index (χ1n) is 4.34. The number of nitrogens with one attached hydrogen (secondary N) is 1. The van der Waals surface area contributed by atoms with Gasteiger partial charge in [-0.15, -0.1) is 0 Å². The Morgan fingerprint density at radius 3 is 2.46 bits per heavy atom. The summed E-state index contributed by atoms with van der Waals surface area (Å²) in [5.74, 6) is 0.293. The second-order valence-corrected chi connectivity index (χ2v) is 5.47. The maximum atomic E-state index is 11.4. The molecule has 1 fully saturated rings. The van der Waals surface area contributed by atoms with Gasteiger partial charge in [0.2, 0.25) is 0 Å². The third-order valence-corrected chi connectivity index (χ3v) is 3.35. The van der Waals surface area contributed by atoms with E-state index >= 15 is 0 Å². The molecule has 1 aliphatic rings. The lowest BCUT2D eigenvalue weighted by molar-refractivity contribution is 0.0539. The number of rotatable bonds is 4. The zero-order valence-corrected chi connectivity index (χ0v) is 8.71. The second kappa shape index (κ2) is 3.91. The molecule has 0 amide bonds. The van der Waals surface area contributed by atoms with E-state index in [9.17, 15) is 8.42 Å². The summed E-state index contributed by atoms with van der Waals surface area (Å²) >= 11 is 0. The molecule has 2 N–H and O–H groups in total. The standard InChI is InChI=1S/C7H16N2O3S/c1-6(2)3-8-13(11,12)9-4-7(10)5-9/h6-8,10H,3-5H2,1-2H3. The summed E-state index contributed by atoms with van der Waals surface area (Å²) in [5.41, 5.74) is 0. The first-order valence-corrected chi connectivity index (χ1v) is 5.78. The average Bonchev–Trinajstić information content (AvgIpc) is 1.95. The van der Waals surface area contributed by atoms with Crippen LogP contribution in [0.25, 0.3) is 0 Å². The Bertz CT molecular complexity index is 257. The molecule has 1 aliphatic heterocycles. The van der Waals surface area contributed by atoms with E-state index in [-0.39, 0.29) is 13.1 Å². The van der Waals surface area contributed by atoms with Crippen molar-refractivity contribution in [2.75, 3.05) is 19.6 Å². The van der Waals surface area contributed by atoms with Crippen LogP contribution in [0.15, 0.2) is 0 Å². The van der Waals surface area contributed by atoms with Gasteiger partial charge in [0.05, 0.1) is 6.10 Å². The molecule has 0 atom stereocenters. The number of nitrogens with zero attached hydrogens (tertiary/aromatic N) is 1. The molecule has 0 aromatic heterocycles. The number of β-amino-alcohol motifs (C(OH)–C–C–N with tert-alkyl or cyclic N) is 1. The molecular weight excluding hydrogens is 192 g/mol. The molecule has 0 spiro atoms. The van der Waals surface area contributed by atoms with E-state index < -0.39 is 16.3 Å². The van der Waals surface area contributed by atoms with Gasteiger partial charge in [-0.05, 0) is 5.92 Å². The van der Waals surface area contributed by atoms with Crippen LogP contribution < -0.4 is 4.72 Å². The van der Waals surface area contributed by atoms with Crippen molar-refractivity contribution in [1.29, 1.82) is 0 Å². The van der Waals surface area contributed by atoms with Crippen molar-refractivity contribution in [3.8, 4) is 0 Å². The van der Waals surface area contributed by atoms with Crippen molar-refractivity contribution >= 4 is 10.2 Å². The van der Waals surface area contributed by atoms with E-state index in [4.69, 9.17) is 5.11 Å². The van der Waals surface area contributed by atoms with Gasteiger partial charge >= 0.3 is 0 Å². The fourth-order valence-electron chi connectivity index (χ4n) is 0.976. The predicted octanol–water partition coefficient (Wildman–Crippen LogP) is -0.847. The molecular formula is C7H16N2O3S. The van der Waals surface area contributed by atoms with Gasteiger partial charge in [-0.2, -0.15) is 12.7 Å². The van der Waals surface area contributed by atoms with Gasteiger partial charge in [-0.25, -0.2) is 4.72 Å². The predicted molar refractivity (Wildman–Crippen MR) is 49.3 cm³/mol. The van der Waals surface area contributed by atoms with Crippen molar-refractivity contribution in [3.05, 3.63) is 0 Å². The Kier molecular flexibility index (Phi) is 3.28. The third-order valence-electron chi connectivity index (χ3n) is 1.84. The lowest BCUT2D eigenvalue weighted by Crippen LogP contribution is -2.57. The summed E-state index contributed by atoms with van der Waals surface area (Å²) in [6.45, 7) is 4.75. The van der Waals surface area contributed by atoms with E-state index in [1.807, 2.05) is 13.8 Å². The molecule has 0 aromatic carbocycles. The molecule has 1 saturated heterocycles. The van der Waals surface area contributed by atoms with Crippen molar-refractivity contribution in [2.24, 2.45) is 5.92 Å². The SMILES string of the molecule is CC(C)CNS(=O)(=O)N1CC(O)C1. The van der Waals surface area contributed by atoms with Gasteiger partial charge in [0, 0.05) is 19.6 Å². The Morgan fingerprint density at radius 1 is 1.54 bits per heavy atom. The molecule has 0 saturated carbocycles. The van der Waals surface area contributed by atoms with E-state index in [0.29, 0.717) is 12.5 Å². The van der Waals surface area contributed by atoms with Crippen molar-refractivity contribution < 1.29 is 13.5 Å². The minimum Gasteiger partial charge on any atom is -0.390 e. The topological polar surface area (TPSA) is 69.6 Å². The van der Waals surface area contributed by atoms with Gasteiger partial charge in [0.15, 0.2) is 0 Å². The summed E-state index contributed by atoms with van der Waals surface area (Å²) in [4.78, 5) is 0. The fraction of sp³-hybridized carbons (Fsp3) is 1.00. The molecule has 0 aromatic rings. The Hall–Kier alpha value is -0.170. The normalized spacial score (nSPS) is 20.6. The molecule has 0 unspecified atom stereocenters. The fourth-order valence-corrected chi connectivity index (χ4v) is 2.44. The van der Waals surface area contributed by atoms with Gasteiger partial charge < -0.3 is 5.11 Å². The summed E-state index contributed by atoms with van der Waals surface area (Å²) < 4.78 is 26.4. The summed E-state index contributed by atoms with van der Waals surface area (Å²) in [6, 6.07) is 0. The highest BCUT2D eigenvalue weighted by atomic mass is 32.2. The lowest BCUT2D eigenvalue weighted by Gasteiger charge is -2.34. The monoisotopic (exact) mass is 208 g/mol. The van der Waals surface area contributed by atoms with Crippen LogP contribution in [0.3, 0.4) is 0 Å². The van der Waals surface area contributed by atoms with Crippen molar-refractivity contribution in [2.45, 2.75) is 20.0 Å². The summed E-state index contributed by atoms with van der Waals surface area (Å²) in [6.07, 6.45) is -0.490. The second-order valence-electron chi connectivity index (χ2n) is 3.72. The van der Waals surface area contributed by atoms with Crippen LogP contribution in [-0.2, 0) is 10.2 Å². The number of hydrogen-bond acceptors (Lipinski definition) is 3. The highest BCUT2D eigenvalue weighted by Crippen LogP contribution is 2.11. The molecule has 0 radical (unpaired) electrons. The zero-order chi connectivity index (χ0) is 10.1. The van der Waals surface area contributed by atoms with E-state index in [0.717, 1.165) is 0 Å². The van der Waals surface area contributed by atoms with E-state index in [1.54, 1.807) is 0 Å². The van der Waals surface area contributed by atoms with E-state index in [2.05, 4.69) is 4.72 Å². The maximum Gasteiger partial charge on any atom is 0.279 e. The van der Waals surface area contributed by atoms with E-state index in [1.165, 1.54) is 4.31 Å². The molecule has 0 aliphatic carbocycles. The van der Waals surface area contributed by atoms with Crippen molar-refractivity contribution in [3.63, 3.8) is 0 Å². The Morgan fingerprint density at radius 2 is 2.08 bits per heavy atom. The average molecular weight is 208 g/mol. The molecule has 0 bridgehead atoms. The van der Waals surface area contributed by atoms with Gasteiger partial charge in [0.25, 0.3) is 10.2 Å². The molecule has 6 heteroatoms. The third kappa shape index (κ3) is 2.91. The van der Waals surface area contributed by atoms with Crippen LogP contribution in [-0.4, -0.2) is 43.6 Å². The smallest absolute Gasteiger partial charge is 0.279 e. The highest BCUT2D eigenvalue weighted by molar-refractivity contribution is 7.87. The minimum atomic E-state index is -3.33. The van der Waals surface area contributed by atoms with Crippen LogP contribution in [0.5, 0.6) is 0 Å². The van der Waals surface area contributed by atoms with Crippen molar-refractivity contribution in [1.82, 2.24) is 9.03 Å². The number of hydrogen-bond donors (Lipinski definition) is 2. The molecule has 78 valence electrons.